The highest BCUT2D eigenvalue weighted by molar-refractivity contribution is 5.42. The van der Waals surface area contributed by atoms with E-state index in [0.29, 0.717) is 11.5 Å². The van der Waals surface area contributed by atoms with Crippen molar-refractivity contribution >= 4 is 0 Å². The zero-order valence-corrected chi connectivity index (χ0v) is 12.5. The zero-order valence-electron chi connectivity index (χ0n) is 12.5. The van der Waals surface area contributed by atoms with Gasteiger partial charge in [0, 0.05) is 0 Å². The first-order valence-electron chi connectivity index (χ1n) is 6.80. The summed E-state index contributed by atoms with van der Waals surface area (Å²) in [4.78, 5) is 0. The van der Waals surface area contributed by atoms with Gasteiger partial charge < -0.3 is 9.47 Å². The monoisotopic (exact) mass is 292 g/mol. The lowest BCUT2D eigenvalue weighted by Crippen LogP contribution is -2.08. The van der Waals surface area contributed by atoms with E-state index in [-0.39, 0.29) is 0 Å². The molecule has 0 fully saturated rings. The first-order chi connectivity index (χ1) is 10.7. The average Bonchev–Trinajstić information content (AvgIpc) is 2.59. The summed E-state index contributed by atoms with van der Waals surface area (Å²) in [6.07, 6.45) is 0. The van der Waals surface area contributed by atoms with Crippen LogP contribution in [0.4, 0.5) is 0 Å². The first kappa shape index (κ1) is 15.4. The summed E-state index contributed by atoms with van der Waals surface area (Å²) in [6.45, 7) is 0. The van der Waals surface area contributed by atoms with Gasteiger partial charge in [0.15, 0.2) is 0 Å². The van der Waals surface area contributed by atoms with Crippen LogP contribution in [0.25, 0.3) is 0 Å². The van der Waals surface area contributed by atoms with Crippen LogP contribution in [-0.4, -0.2) is 14.2 Å². The van der Waals surface area contributed by atoms with Gasteiger partial charge in [-0.1, -0.05) is 24.3 Å². The molecule has 0 saturated carbocycles. The van der Waals surface area contributed by atoms with E-state index in [1.807, 2.05) is 36.4 Å². The maximum atomic E-state index is 9.56. The minimum atomic E-state index is -0.577. The van der Waals surface area contributed by atoms with E-state index in [2.05, 4.69) is 12.1 Å². The molecule has 0 aliphatic rings. The van der Waals surface area contributed by atoms with E-state index in [4.69, 9.17) is 9.47 Å². The molecule has 0 aliphatic carbocycles. The third kappa shape index (κ3) is 3.19. The lowest BCUT2D eigenvalue weighted by atomic mass is 9.83. The third-order valence-corrected chi connectivity index (χ3v) is 3.52. The van der Waals surface area contributed by atoms with Crippen molar-refractivity contribution in [3.8, 4) is 23.6 Å². The third-order valence-electron chi connectivity index (χ3n) is 3.52. The van der Waals surface area contributed by atoms with Crippen LogP contribution in [0, 0.1) is 22.7 Å². The predicted molar refractivity (Wildman–Crippen MR) is 82.7 cm³/mol. The molecule has 22 heavy (non-hydrogen) atoms. The van der Waals surface area contributed by atoms with Crippen LogP contribution < -0.4 is 9.47 Å². The van der Waals surface area contributed by atoms with E-state index in [0.717, 1.165) is 11.1 Å². The first-order valence-corrected chi connectivity index (χ1v) is 6.80. The van der Waals surface area contributed by atoms with Gasteiger partial charge in [0.1, 0.15) is 11.5 Å². The van der Waals surface area contributed by atoms with Gasteiger partial charge in [-0.25, -0.2) is 0 Å². The molecule has 2 rings (SSSR count). The summed E-state index contributed by atoms with van der Waals surface area (Å²) in [5, 5.41) is 19.1. The Morgan fingerprint density at radius 3 is 1.50 bits per heavy atom. The number of nitrogens with zero attached hydrogens (tertiary/aromatic N) is 2. The Hall–Kier alpha value is -2.98. The molecule has 0 heterocycles. The predicted octanol–water partition coefficient (Wildman–Crippen LogP) is 3.62. The van der Waals surface area contributed by atoms with Crippen molar-refractivity contribution < 1.29 is 9.47 Å². The fourth-order valence-corrected chi connectivity index (χ4v) is 2.35. The highest BCUT2D eigenvalue weighted by Gasteiger charge is 2.25. The Morgan fingerprint density at radius 2 is 1.18 bits per heavy atom. The summed E-state index contributed by atoms with van der Waals surface area (Å²) >= 11 is 0. The average molecular weight is 292 g/mol. The molecule has 110 valence electrons. The molecule has 0 radical (unpaired) electrons. The van der Waals surface area contributed by atoms with Gasteiger partial charge in [0.2, 0.25) is 0 Å². The molecule has 0 aromatic heterocycles. The second kappa shape index (κ2) is 7.15. The normalized spacial score (nSPS) is 12.5. The molecular formula is C18H16N2O2. The van der Waals surface area contributed by atoms with Crippen molar-refractivity contribution in [1.29, 1.82) is 10.5 Å². The van der Waals surface area contributed by atoms with Crippen LogP contribution in [0.1, 0.15) is 23.0 Å². The van der Waals surface area contributed by atoms with E-state index in [9.17, 15) is 10.5 Å². The van der Waals surface area contributed by atoms with Crippen molar-refractivity contribution in [2.24, 2.45) is 0 Å². The molecule has 4 nitrogen and oxygen atoms in total. The molecule has 0 aliphatic heterocycles. The Bertz CT molecular complexity index is 665. The fraction of sp³-hybridized carbons (Fsp3) is 0.222. The highest BCUT2D eigenvalue weighted by atomic mass is 16.5. The maximum Gasteiger partial charge on any atom is 0.119 e. The van der Waals surface area contributed by atoms with Crippen molar-refractivity contribution in [2.45, 2.75) is 11.8 Å². The lowest BCUT2D eigenvalue weighted by molar-refractivity contribution is 0.413. The molecule has 0 N–H and O–H groups in total. The molecule has 0 unspecified atom stereocenters. The van der Waals surface area contributed by atoms with Crippen molar-refractivity contribution in [1.82, 2.24) is 0 Å². The van der Waals surface area contributed by atoms with E-state index in [1.54, 1.807) is 26.4 Å². The maximum absolute atomic E-state index is 9.56. The number of hydrogen-bond acceptors (Lipinski definition) is 4. The molecule has 2 aromatic rings. The quantitative estimate of drug-likeness (QED) is 0.844. The SMILES string of the molecule is COc1cccc([C@@H](C#N)[C@@H](C#N)c2cccc(OC)c2)c1. The van der Waals surface area contributed by atoms with Crippen LogP contribution in [0.15, 0.2) is 48.5 Å². The molecule has 2 atom stereocenters. The standard InChI is InChI=1S/C18H16N2O2/c1-21-15-7-3-5-13(9-15)17(11-19)18(12-20)14-6-4-8-16(10-14)22-2/h3-10,17-18H,1-2H3/t17-,18+. The molecule has 0 bridgehead atoms. The Kier molecular flexibility index (Phi) is 5.01. The number of rotatable bonds is 5. The number of ether oxygens (including phenoxy) is 2. The van der Waals surface area contributed by atoms with Gasteiger partial charge in [-0.15, -0.1) is 0 Å². The van der Waals surface area contributed by atoms with Crippen LogP contribution in [0.2, 0.25) is 0 Å². The van der Waals surface area contributed by atoms with Gasteiger partial charge in [-0.2, -0.15) is 10.5 Å². The summed E-state index contributed by atoms with van der Waals surface area (Å²) < 4.78 is 10.4. The molecule has 4 heteroatoms. The minimum Gasteiger partial charge on any atom is -0.497 e. The number of hydrogen-bond donors (Lipinski definition) is 0. The summed E-state index contributed by atoms with van der Waals surface area (Å²) in [6, 6.07) is 19.0. The number of nitriles is 2. The van der Waals surface area contributed by atoms with Crippen molar-refractivity contribution in [3.63, 3.8) is 0 Å². The van der Waals surface area contributed by atoms with Crippen LogP contribution >= 0.6 is 0 Å². The second-order valence-corrected chi connectivity index (χ2v) is 4.77. The molecular weight excluding hydrogens is 276 g/mol. The van der Waals surface area contributed by atoms with Gasteiger partial charge in [0.05, 0.1) is 38.2 Å². The van der Waals surface area contributed by atoms with Gasteiger partial charge in [-0.05, 0) is 35.4 Å². The van der Waals surface area contributed by atoms with Crippen molar-refractivity contribution in [3.05, 3.63) is 59.7 Å². The zero-order chi connectivity index (χ0) is 15.9. The van der Waals surface area contributed by atoms with E-state index < -0.39 is 11.8 Å². The van der Waals surface area contributed by atoms with Crippen LogP contribution in [-0.2, 0) is 0 Å². The molecule has 0 spiro atoms. The largest absolute Gasteiger partial charge is 0.497 e. The topological polar surface area (TPSA) is 66.0 Å². The van der Waals surface area contributed by atoms with Gasteiger partial charge in [-0.3, -0.25) is 0 Å². The Balaban J connectivity index is 2.42. The summed E-state index contributed by atoms with van der Waals surface area (Å²) in [5.41, 5.74) is 1.52. The van der Waals surface area contributed by atoms with Gasteiger partial charge >= 0.3 is 0 Å². The molecule has 0 saturated heterocycles. The smallest absolute Gasteiger partial charge is 0.119 e. The van der Waals surface area contributed by atoms with Crippen LogP contribution in [0.5, 0.6) is 11.5 Å². The van der Waals surface area contributed by atoms with Crippen LogP contribution in [0.3, 0.4) is 0 Å². The lowest BCUT2D eigenvalue weighted by Gasteiger charge is -2.17. The van der Waals surface area contributed by atoms with E-state index in [1.165, 1.54) is 0 Å². The van der Waals surface area contributed by atoms with E-state index >= 15 is 0 Å². The van der Waals surface area contributed by atoms with Gasteiger partial charge in [0.25, 0.3) is 0 Å². The Labute approximate surface area is 130 Å². The fourth-order valence-electron chi connectivity index (χ4n) is 2.35. The number of methoxy groups -OCH3 is 2. The van der Waals surface area contributed by atoms with Crippen molar-refractivity contribution in [2.75, 3.05) is 14.2 Å². The summed E-state index contributed by atoms with van der Waals surface area (Å²) in [5.74, 6) is 0.180. The Morgan fingerprint density at radius 1 is 0.773 bits per heavy atom. The molecule has 0 amide bonds. The number of benzene rings is 2. The minimum absolute atomic E-state index is 0.577. The second-order valence-electron chi connectivity index (χ2n) is 4.77. The highest BCUT2D eigenvalue weighted by Crippen LogP contribution is 2.34. The molecule has 2 aromatic carbocycles. The summed E-state index contributed by atoms with van der Waals surface area (Å²) in [7, 11) is 3.15.